The van der Waals surface area contributed by atoms with Crippen LogP contribution in [0.4, 0.5) is 20.6 Å². The Morgan fingerprint density at radius 2 is 2.21 bits per heavy atom. The Bertz CT molecular complexity index is 705. The number of aliphatic hydroxyl groups is 1. The summed E-state index contributed by atoms with van der Waals surface area (Å²) in [5, 5.41) is 18.1. The van der Waals surface area contributed by atoms with Crippen molar-refractivity contribution in [3.8, 4) is 0 Å². The van der Waals surface area contributed by atoms with Gasteiger partial charge in [0.2, 0.25) is 10.0 Å². The van der Waals surface area contributed by atoms with Crippen molar-refractivity contribution in [2.75, 3.05) is 35.9 Å². The minimum atomic E-state index is -3.51. The number of urea groups is 1. The van der Waals surface area contributed by atoms with Crippen LogP contribution in [-0.4, -0.2) is 51.0 Å². The number of piperidine rings is 1. The number of anilines is 2. The van der Waals surface area contributed by atoms with Gasteiger partial charge in [0.05, 0.1) is 23.2 Å². The smallest absolute Gasteiger partial charge is 0.319 e. The first-order valence-electron chi connectivity index (χ1n) is 7.42. The number of sulfonamides is 1. The van der Waals surface area contributed by atoms with Gasteiger partial charge >= 0.3 is 6.03 Å². The van der Waals surface area contributed by atoms with E-state index in [4.69, 9.17) is 0 Å². The van der Waals surface area contributed by atoms with Gasteiger partial charge in [0.15, 0.2) is 0 Å². The Morgan fingerprint density at radius 1 is 1.46 bits per heavy atom. The third kappa shape index (κ3) is 5.62. The number of rotatable bonds is 5. The van der Waals surface area contributed by atoms with Gasteiger partial charge in [-0.15, -0.1) is 0 Å². The number of carbonyl (C=O) groups is 1. The molecule has 1 atom stereocenters. The lowest BCUT2D eigenvalue weighted by atomic mass is 9.94. The van der Waals surface area contributed by atoms with Crippen molar-refractivity contribution in [2.24, 2.45) is 0 Å². The number of β-amino-alcohol motifs (C(OH)–C–C–N with tert-alkyl or cyclic N) is 1. The highest BCUT2D eigenvalue weighted by Gasteiger charge is 2.29. The van der Waals surface area contributed by atoms with Gasteiger partial charge in [0, 0.05) is 13.1 Å². The quantitative estimate of drug-likeness (QED) is 0.522. The van der Waals surface area contributed by atoms with Gasteiger partial charge in [-0.3, -0.25) is 4.72 Å². The van der Waals surface area contributed by atoms with Crippen LogP contribution in [0.2, 0.25) is 0 Å². The Morgan fingerprint density at radius 3 is 2.83 bits per heavy atom. The van der Waals surface area contributed by atoms with E-state index in [1.807, 2.05) is 0 Å². The van der Waals surface area contributed by atoms with E-state index < -0.39 is 27.5 Å². The summed E-state index contributed by atoms with van der Waals surface area (Å²) in [6, 6.07) is 2.77. The fourth-order valence-electron chi connectivity index (χ4n) is 2.41. The van der Waals surface area contributed by atoms with E-state index in [9.17, 15) is 22.7 Å². The third-order valence-electron chi connectivity index (χ3n) is 3.55. The third-order valence-corrected chi connectivity index (χ3v) is 4.15. The minimum absolute atomic E-state index is 0.0226. The van der Waals surface area contributed by atoms with Crippen molar-refractivity contribution in [2.45, 2.75) is 18.4 Å². The molecule has 24 heavy (non-hydrogen) atoms. The first-order valence-corrected chi connectivity index (χ1v) is 9.31. The molecule has 0 radical (unpaired) electrons. The highest BCUT2D eigenvalue weighted by Crippen LogP contribution is 2.20. The van der Waals surface area contributed by atoms with Gasteiger partial charge in [-0.25, -0.2) is 17.6 Å². The summed E-state index contributed by atoms with van der Waals surface area (Å²) in [5.74, 6) is -0.706. The summed E-state index contributed by atoms with van der Waals surface area (Å²) in [5.41, 5.74) is -1.08. The second-order valence-corrected chi connectivity index (χ2v) is 7.63. The number of benzene rings is 1. The molecule has 0 saturated carbocycles. The zero-order valence-corrected chi connectivity index (χ0v) is 14.0. The molecule has 0 aromatic heterocycles. The highest BCUT2D eigenvalue weighted by atomic mass is 32.2. The predicted octanol–water partition coefficient (Wildman–Crippen LogP) is 0.433. The van der Waals surface area contributed by atoms with Gasteiger partial charge in [-0.2, -0.15) is 0 Å². The van der Waals surface area contributed by atoms with E-state index in [2.05, 4.69) is 20.7 Å². The van der Waals surface area contributed by atoms with E-state index >= 15 is 0 Å². The lowest BCUT2D eigenvalue weighted by molar-refractivity contribution is 0.0198. The average molecular weight is 360 g/mol. The van der Waals surface area contributed by atoms with Crippen LogP contribution >= 0.6 is 0 Å². The molecule has 1 aliphatic rings. The lowest BCUT2D eigenvalue weighted by Gasteiger charge is -2.32. The number of hydrogen-bond donors (Lipinski definition) is 5. The summed E-state index contributed by atoms with van der Waals surface area (Å²) in [4.78, 5) is 11.9. The number of amides is 2. The Labute approximate surface area is 139 Å². The standard InChI is InChI=1S/C14H21FN4O4S/c1-24(22,23)19-10-3-4-11(15)12(7-10)18-13(20)17-9-14(21)5-2-6-16-8-14/h3-4,7,16,19,21H,2,5-6,8-9H2,1H3,(H2,17,18,20)/t14-/m0/s1. The van der Waals surface area contributed by atoms with Crippen molar-refractivity contribution in [3.05, 3.63) is 24.0 Å². The molecule has 5 N–H and O–H groups in total. The Balaban J connectivity index is 1.96. The molecule has 1 heterocycles. The first kappa shape index (κ1) is 18.4. The maximum atomic E-state index is 13.8. The van der Waals surface area contributed by atoms with Gasteiger partial charge in [-0.1, -0.05) is 0 Å². The maximum absolute atomic E-state index is 13.8. The summed E-state index contributed by atoms with van der Waals surface area (Å²) in [6.45, 7) is 1.21. The second kappa shape index (κ2) is 7.32. The van der Waals surface area contributed by atoms with E-state index in [1.54, 1.807) is 0 Å². The molecule has 1 aromatic carbocycles. The molecule has 1 fully saturated rings. The second-order valence-electron chi connectivity index (χ2n) is 5.88. The van der Waals surface area contributed by atoms with Crippen LogP contribution in [0.15, 0.2) is 18.2 Å². The molecule has 10 heteroatoms. The van der Waals surface area contributed by atoms with Crippen LogP contribution in [0.25, 0.3) is 0 Å². The van der Waals surface area contributed by atoms with E-state index in [-0.39, 0.29) is 17.9 Å². The first-order chi connectivity index (χ1) is 11.2. The largest absolute Gasteiger partial charge is 0.387 e. The molecule has 8 nitrogen and oxygen atoms in total. The molecule has 0 spiro atoms. The van der Waals surface area contributed by atoms with Crippen LogP contribution in [0, 0.1) is 5.82 Å². The van der Waals surface area contributed by atoms with Crippen LogP contribution in [-0.2, 0) is 10.0 Å². The molecule has 2 rings (SSSR count). The Kier molecular flexibility index (Phi) is 5.62. The summed E-state index contributed by atoms with van der Waals surface area (Å²) in [7, 11) is -3.51. The summed E-state index contributed by atoms with van der Waals surface area (Å²) in [6.07, 6.45) is 2.32. The molecule has 0 unspecified atom stereocenters. The van der Waals surface area contributed by atoms with Crippen LogP contribution in [0.3, 0.4) is 0 Å². The fourth-order valence-corrected chi connectivity index (χ4v) is 2.97. The van der Waals surface area contributed by atoms with Gasteiger partial charge in [0.1, 0.15) is 5.82 Å². The van der Waals surface area contributed by atoms with Crippen molar-refractivity contribution in [1.82, 2.24) is 10.6 Å². The maximum Gasteiger partial charge on any atom is 0.319 e. The lowest BCUT2D eigenvalue weighted by Crippen LogP contribution is -2.53. The fraction of sp³-hybridized carbons (Fsp3) is 0.500. The van der Waals surface area contributed by atoms with Crippen molar-refractivity contribution in [3.63, 3.8) is 0 Å². The van der Waals surface area contributed by atoms with Crippen molar-refractivity contribution in [1.29, 1.82) is 0 Å². The van der Waals surface area contributed by atoms with Crippen LogP contribution in [0.5, 0.6) is 0 Å². The zero-order chi connectivity index (χ0) is 17.8. The SMILES string of the molecule is CS(=O)(=O)Nc1ccc(F)c(NC(=O)NC[C@]2(O)CCCNC2)c1. The molecule has 0 aliphatic carbocycles. The van der Waals surface area contributed by atoms with E-state index in [1.165, 1.54) is 12.1 Å². The zero-order valence-electron chi connectivity index (χ0n) is 13.2. The topological polar surface area (TPSA) is 120 Å². The Hall–Kier alpha value is -1.91. The molecule has 1 saturated heterocycles. The molecular formula is C14H21FN4O4S. The summed E-state index contributed by atoms with van der Waals surface area (Å²) >= 11 is 0. The highest BCUT2D eigenvalue weighted by molar-refractivity contribution is 7.92. The van der Waals surface area contributed by atoms with Crippen LogP contribution < -0.4 is 20.7 Å². The molecule has 0 bridgehead atoms. The number of carbonyl (C=O) groups excluding carboxylic acids is 1. The average Bonchev–Trinajstić information content (AvgIpc) is 2.48. The molecule has 2 amide bonds. The monoisotopic (exact) mass is 360 g/mol. The van der Waals surface area contributed by atoms with Gasteiger partial charge in [0.25, 0.3) is 0 Å². The van der Waals surface area contributed by atoms with Gasteiger partial charge in [-0.05, 0) is 37.6 Å². The normalized spacial score (nSPS) is 21.1. The van der Waals surface area contributed by atoms with Crippen LogP contribution in [0.1, 0.15) is 12.8 Å². The van der Waals surface area contributed by atoms with Gasteiger partial charge < -0.3 is 21.1 Å². The minimum Gasteiger partial charge on any atom is -0.387 e. The number of nitrogens with one attached hydrogen (secondary N) is 4. The molecule has 1 aromatic rings. The van der Waals surface area contributed by atoms with Crippen molar-refractivity contribution >= 4 is 27.4 Å². The molecular weight excluding hydrogens is 339 g/mol. The molecule has 134 valence electrons. The number of halogens is 1. The summed E-state index contributed by atoms with van der Waals surface area (Å²) < 4.78 is 38.3. The van der Waals surface area contributed by atoms with Crippen molar-refractivity contribution < 1.29 is 22.7 Å². The molecule has 1 aliphatic heterocycles. The van der Waals surface area contributed by atoms with E-state index in [0.29, 0.717) is 13.0 Å². The predicted molar refractivity (Wildman–Crippen MR) is 88.9 cm³/mol. The van der Waals surface area contributed by atoms with E-state index in [0.717, 1.165) is 25.3 Å². The number of hydrogen-bond acceptors (Lipinski definition) is 5.